The average molecular weight is 448 g/mol. The molecule has 31 heavy (non-hydrogen) atoms. The molecule has 2 amide bonds. The van der Waals surface area contributed by atoms with E-state index in [1.165, 1.54) is 0 Å². The van der Waals surface area contributed by atoms with Crippen LogP contribution < -0.4 is 10.2 Å². The monoisotopic (exact) mass is 447 g/mol. The van der Waals surface area contributed by atoms with Crippen molar-refractivity contribution in [3.05, 3.63) is 18.0 Å². The molecule has 1 fully saturated rings. The van der Waals surface area contributed by atoms with Crippen LogP contribution in [0.25, 0.3) is 0 Å². The molecule has 0 unspecified atom stereocenters. The molecule has 1 aromatic heterocycles. The predicted molar refractivity (Wildman–Crippen MR) is 111 cm³/mol. The van der Waals surface area contributed by atoms with Gasteiger partial charge in [-0.3, -0.25) is 4.79 Å². The SMILES string of the molecule is CC.CC(C)(C)OC(=O)NCCCC(=O)N1CCN(c2ncc(C(F)(F)F)cn2)CC1. The standard InChI is InChI=1S/C18H26F3N5O3.C2H6/c1-17(2,3)29-16(28)22-6-4-5-14(27)25-7-9-26(10-8-25)15-23-11-13(12-24-15)18(19,20)21;1-2/h11-12H,4-10H2,1-3H3,(H,22,28);1-2H3. The van der Waals surface area contributed by atoms with Crippen LogP contribution in [0.3, 0.4) is 0 Å². The highest BCUT2D eigenvalue weighted by Gasteiger charge is 2.32. The molecule has 11 heteroatoms. The van der Waals surface area contributed by atoms with E-state index in [1.54, 1.807) is 30.6 Å². The minimum atomic E-state index is -4.47. The van der Waals surface area contributed by atoms with Gasteiger partial charge in [-0.25, -0.2) is 14.8 Å². The number of aromatic nitrogens is 2. The molecule has 0 spiro atoms. The van der Waals surface area contributed by atoms with Crippen molar-refractivity contribution in [3.63, 3.8) is 0 Å². The van der Waals surface area contributed by atoms with Gasteiger partial charge in [0, 0.05) is 51.5 Å². The van der Waals surface area contributed by atoms with E-state index in [9.17, 15) is 22.8 Å². The zero-order chi connectivity index (χ0) is 23.7. The number of carbonyl (C=O) groups excluding carboxylic acids is 2. The topological polar surface area (TPSA) is 87.7 Å². The number of alkyl halides is 3. The van der Waals surface area contributed by atoms with E-state index in [4.69, 9.17) is 4.74 Å². The Bertz CT molecular complexity index is 697. The van der Waals surface area contributed by atoms with Gasteiger partial charge in [0.25, 0.3) is 0 Å². The number of piperazine rings is 1. The summed E-state index contributed by atoms with van der Waals surface area (Å²) in [6, 6.07) is 0. The average Bonchev–Trinajstić information content (AvgIpc) is 2.71. The Balaban J connectivity index is 0.00000233. The van der Waals surface area contributed by atoms with Gasteiger partial charge in [0.2, 0.25) is 11.9 Å². The number of carbonyl (C=O) groups is 2. The lowest BCUT2D eigenvalue weighted by Crippen LogP contribution is -2.49. The Kier molecular flexibility index (Phi) is 9.99. The summed E-state index contributed by atoms with van der Waals surface area (Å²) in [4.78, 5) is 34.8. The summed E-state index contributed by atoms with van der Waals surface area (Å²) in [6.45, 7) is 11.4. The van der Waals surface area contributed by atoms with Crippen LogP contribution in [-0.2, 0) is 15.7 Å². The third-order valence-electron chi connectivity index (χ3n) is 4.12. The maximum atomic E-state index is 12.6. The fourth-order valence-electron chi connectivity index (χ4n) is 2.69. The van der Waals surface area contributed by atoms with E-state index in [0.717, 1.165) is 12.4 Å². The summed E-state index contributed by atoms with van der Waals surface area (Å²) in [7, 11) is 0. The number of amides is 2. The third kappa shape index (κ3) is 9.39. The van der Waals surface area contributed by atoms with Crippen molar-refractivity contribution in [2.75, 3.05) is 37.6 Å². The van der Waals surface area contributed by atoms with Crippen molar-refractivity contribution in [3.8, 4) is 0 Å². The number of hydrogen-bond acceptors (Lipinski definition) is 6. The summed E-state index contributed by atoms with van der Waals surface area (Å²) in [5, 5.41) is 2.60. The highest BCUT2D eigenvalue weighted by Crippen LogP contribution is 2.28. The van der Waals surface area contributed by atoms with Crippen molar-refractivity contribution >= 4 is 17.9 Å². The minimum absolute atomic E-state index is 0.0380. The molecule has 0 saturated carbocycles. The first-order valence-electron chi connectivity index (χ1n) is 10.3. The first-order valence-corrected chi connectivity index (χ1v) is 10.3. The van der Waals surface area contributed by atoms with Crippen LogP contribution in [0, 0.1) is 0 Å². The Morgan fingerprint density at radius 1 is 1.06 bits per heavy atom. The zero-order valence-corrected chi connectivity index (χ0v) is 18.8. The molecule has 8 nitrogen and oxygen atoms in total. The van der Waals surface area contributed by atoms with E-state index in [2.05, 4.69) is 15.3 Å². The summed E-state index contributed by atoms with van der Waals surface area (Å²) >= 11 is 0. The molecule has 0 atom stereocenters. The maximum Gasteiger partial charge on any atom is 0.419 e. The highest BCUT2D eigenvalue weighted by molar-refractivity contribution is 5.76. The van der Waals surface area contributed by atoms with E-state index in [-0.39, 0.29) is 18.3 Å². The molecule has 0 aliphatic carbocycles. The van der Waals surface area contributed by atoms with Crippen LogP contribution in [0.5, 0.6) is 0 Å². The van der Waals surface area contributed by atoms with Gasteiger partial charge in [-0.15, -0.1) is 0 Å². The molecule has 1 aliphatic heterocycles. The number of nitrogens with one attached hydrogen (secondary N) is 1. The highest BCUT2D eigenvalue weighted by atomic mass is 19.4. The zero-order valence-electron chi connectivity index (χ0n) is 18.8. The molecule has 2 rings (SSSR count). The fraction of sp³-hybridized carbons (Fsp3) is 0.700. The molecular formula is C20H32F3N5O3. The van der Waals surface area contributed by atoms with Crippen LogP contribution in [-0.4, -0.2) is 65.2 Å². The Labute approximate surface area is 181 Å². The fourth-order valence-corrected chi connectivity index (χ4v) is 2.69. The van der Waals surface area contributed by atoms with E-state index < -0.39 is 23.4 Å². The second-order valence-electron chi connectivity index (χ2n) is 7.67. The number of ether oxygens (including phenoxy) is 1. The van der Waals surface area contributed by atoms with Gasteiger partial charge in [0.05, 0.1) is 5.56 Å². The van der Waals surface area contributed by atoms with Crippen molar-refractivity contribution in [1.82, 2.24) is 20.2 Å². The van der Waals surface area contributed by atoms with Crippen molar-refractivity contribution < 1.29 is 27.5 Å². The normalized spacial score (nSPS) is 14.5. The van der Waals surface area contributed by atoms with Crippen LogP contribution in [0.15, 0.2) is 12.4 Å². The van der Waals surface area contributed by atoms with Crippen molar-refractivity contribution in [2.24, 2.45) is 0 Å². The molecular weight excluding hydrogens is 415 g/mol. The van der Waals surface area contributed by atoms with E-state index in [0.29, 0.717) is 39.1 Å². The Morgan fingerprint density at radius 2 is 1.61 bits per heavy atom. The number of rotatable bonds is 5. The van der Waals surface area contributed by atoms with Gasteiger partial charge < -0.3 is 19.9 Å². The molecule has 2 heterocycles. The lowest BCUT2D eigenvalue weighted by Gasteiger charge is -2.34. The third-order valence-corrected chi connectivity index (χ3v) is 4.12. The van der Waals surface area contributed by atoms with Gasteiger partial charge in [0.15, 0.2) is 0 Å². The smallest absolute Gasteiger partial charge is 0.419 e. The van der Waals surface area contributed by atoms with Gasteiger partial charge in [0.1, 0.15) is 5.60 Å². The largest absolute Gasteiger partial charge is 0.444 e. The Hall–Kier alpha value is -2.59. The molecule has 1 N–H and O–H groups in total. The lowest BCUT2D eigenvalue weighted by atomic mass is 10.2. The quantitative estimate of drug-likeness (QED) is 0.696. The van der Waals surface area contributed by atoms with Crippen LogP contribution in [0.1, 0.15) is 53.0 Å². The van der Waals surface area contributed by atoms with Crippen LogP contribution in [0.4, 0.5) is 23.9 Å². The predicted octanol–water partition coefficient (Wildman–Crippen LogP) is 3.48. The van der Waals surface area contributed by atoms with Gasteiger partial charge >= 0.3 is 12.3 Å². The Morgan fingerprint density at radius 3 is 2.10 bits per heavy atom. The van der Waals surface area contributed by atoms with E-state index >= 15 is 0 Å². The van der Waals surface area contributed by atoms with Crippen LogP contribution >= 0.6 is 0 Å². The van der Waals surface area contributed by atoms with Gasteiger partial charge in [-0.1, -0.05) is 13.8 Å². The van der Waals surface area contributed by atoms with Crippen LogP contribution in [0.2, 0.25) is 0 Å². The van der Waals surface area contributed by atoms with Gasteiger partial charge in [-0.05, 0) is 27.2 Å². The van der Waals surface area contributed by atoms with E-state index in [1.807, 2.05) is 13.8 Å². The maximum absolute atomic E-state index is 12.6. The second-order valence-corrected chi connectivity index (χ2v) is 7.67. The first kappa shape index (κ1) is 26.4. The molecule has 176 valence electrons. The lowest BCUT2D eigenvalue weighted by molar-refractivity contribution is -0.138. The summed E-state index contributed by atoms with van der Waals surface area (Å²) in [5.74, 6) is 0.177. The van der Waals surface area contributed by atoms with Crippen molar-refractivity contribution in [2.45, 2.75) is 59.2 Å². The molecule has 1 saturated heterocycles. The molecule has 1 aromatic rings. The van der Waals surface area contributed by atoms with Crippen molar-refractivity contribution in [1.29, 1.82) is 0 Å². The summed E-state index contributed by atoms with van der Waals surface area (Å²) in [5.41, 5.74) is -1.47. The number of alkyl carbamates (subject to hydrolysis) is 1. The molecule has 1 aliphatic rings. The first-order chi connectivity index (χ1) is 14.5. The number of hydrogen-bond donors (Lipinski definition) is 1. The summed E-state index contributed by atoms with van der Waals surface area (Å²) < 4.78 is 42.9. The summed E-state index contributed by atoms with van der Waals surface area (Å²) in [6.07, 6.45) is -2.70. The molecule has 0 aromatic carbocycles. The number of halogens is 3. The molecule has 0 radical (unpaired) electrons. The number of nitrogens with zero attached hydrogens (tertiary/aromatic N) is 4. The van der Waals surface area contributed by atoms with Gasteiger partial charge in [-0.2, -0.15) is 13.2 Å². The minimum Gasteiger partial charge on any atom is -0.444 e. The molecule has 0 bridgehead atoms. The number of anilines is 1. The second kappa shape index (κ2) is 11.7.